The van der Waals surface area contributed by atoms with Gasteiger partial charge in [0, 0.05) is 11.6 Å². The Labute approximate surface area is 120 Å². The molecule has 2 aliphatic rings. The maximum Gasteiger partial charge on any atom is 0.127 e. The molecule has 4 nitrogen and oxygen atoms in total. The highest BCUT2D eigenvalue weighted by atomic mass is 16.5. The van der Waals surface area contributed by atoms with Crippen molar-refractivity contribution >= 4 is 0 Å². The Morgan fingerprint density at radius 3 is 2.95 bits per heavy atom. The minimum absolute atomic E-state index is 0.281. The molecule has 1 fully saturated rings. The Morgan fingerprint density at radius 1 is 1.40 bits per heavy atom. The summed E-state index contributed by atoms with van der Waals surface area (Å²) in [4.78, 5) is 0. The molecule has 2 N–H and O–H groups in total. The molecule has 4 heteroatoms. The van der Waals surface area contributed by atoms with E-state index in [1.54, 1.807) is 0 Å². The van der Waals surface area contributed by atoms with Crippen molar-refractivity contribution in [1.29, 1.82) is 0 Å². The normalized spacial score (nSPS) is 23.4. The minimum Gasteiger partial charge on any atom is -0.491 e. The minimum atomic E-state index is -0.633. The van der Waals surface area contributed by atoms with Crippen LogP contribution in [-0.4, -0.2) is 30.5 Å². The van der Waals surface area contributed by atoms with Gasteiger partial charge in [-0.25, -0.2) is 0 Å². The van der Waals surface area contributed by atoms with E-state index in [-0.39, 0.29) is 6.04 Å². The maximum atomic E-state index is 10.3. The van der Waals surface area contributed by atoms with Crippen LogP contribution in [-0.2, 0) is 0 Å². The highest BCUT2D eigenvalue weighted by Crippen LogP contribution is 2.36. The fraction of sp³-hybridized carbons (Fsp3) is 0.625. The van der Waals surface area contributed by atoms with Crippen LogP contribution in [0.1, 0.15) is 44.2 Å². The van der Waals surface area contributed by atoms with Crippen LogP contribution in [0.3, 0.4) is 0 Å². The molecule has 1 heterocycles. The summed E-state index contributed by atoms with van der Waals surface area (Å²) in [5, 5.41) is 13.7. The zero-order chi connectivity index (χ0) is 14.0. The fourth-order valence-electron chi connectivity index (χ4n) is 3.09. The molecule has 0 aromatic heterocycles. The lowest BCUT2D eigenvalue weighted by Crippen LogP contribution is -2.32. The van der Waals surface area contributed by atoms with Crippen molar-refractivity contribution < 1.29 is 14.6 Å². The number of ether oxygens (including phenoxy) is 2. The third kappa shape index (κ3) is 2.76. The van der Waals surface area contributed by atoms with E-state index in [4.69, 9.17) is 9.47 Å². The molecule has 0 saturated heterocycles. The van der Waals surface area contributed by atoms with Crippen molar-refractivity contribution in [2.75, 3.05) is 19.8 Å². The molecule has 1 aromatic carbocycles. The first-order chi connectivity index (χ1) is 9.70. The molecule has 0 radical (unpaired) electrons. The molecular weight excluding hydrogens is 254 g/mol. The summed E-state index contributed by atoms with van der Waals surface area (Å²) in [5.74, 6) is 1.67. The summed E-state index contributed by atoms with van der Waals surface area (Å²) in [6.45, 7) is 4.08. The first kappa shape index (κ1) is 13.7. The zero-order valence-electron chi connectivity index (χ0n) is 12.0. The average Bonchev–Trinajstić information content (AvgIpc) is 3.05. The van der Waals surface area contributed by atoms with Gasteiger partial charge < -0.3 is 19.9 Å². The third-order valence-corrected chi connectivity index (χ3v) is 4.26. The van der Waals surface area contributed by atoms with Crippen LogP contribution >= 0.6 is 0 Å². The molecule has 1 unspecified atom stereocenters. The highest BCUT2D eigenvalue weighted by molar-refractivity contribution is 5.45. The van der Waals surface area contributed by atoms with Gasteiger partial charge in [0.1, 0.15) is 24.7 Å². The fourth-order valence-corrected chi connectivity index (χ4v) is 3.09. The second kappa shape index (κ2) is 5.62. The zero-order valence-corrected chi connectivity index (χ0v) is 12.0. The van der Waals surface area contributed by atoms with Crippen molar-refractivity contribution in [1.82, 2.24) is 5.32 Å². The van der Waals surface area contributed by atoms with Gasteiger partial charge in [-0.05, 0) is 31.5 Å². The van der Waals surface area contributed by atoms with E-state index in [1.165, 1.54) is 5.56 Å². The summed E-state index contributed by atoms with van der Waals surface area (Å²) in [5.41, 5.74) is 0.561. The molecule has 3 rings (SSSR count). The van der Waals surface area contributed by atoms with Crippen LogP contribution in [0.4, 0.5) is 0 Å². The SMILES string of the molecule is CCNC1COc2cc(OCC3(O)CCCC3)ccc21. The van der Waals surface area contributed by atoms with Gasteiger partial charge in [0.05, 0.1) is 11.6 Å². The number of benzene rings is 1. The monoisotopic (exact) mass is 277 g/mol. The van der Waals surface area contributed by atoms with E-state index in [0.29, 0.717) is 13.2 Å². The molecule has 1 aliphatic carbocycles. The average molecular weight is 277 g/mol. The lowest BCUT2D eigenvalue weighted by molar-refractivity contribution is 0.00135. The molecule has 0 spiro atoms. The lowest BCUT2D eigenvalue weighted by atomic mass is 10.0. The van der Waals surface area contributed by atoms with Crippen LogP contribution in [0.5, 0.6) is 11.5 Å². The number of nitrogens with one attached hydrogen (secondary N) is 1. The van der Waals surface area contributed by atoms with E-state index < -0.39 is 5.60 Å². The molecule has 1 saturated carbocycles. The summed E-state index contributed by atoms with van der Waals surface area (Å²) in [7, 11) is 0. The maximum absolute atomic E-state index is 10.3. The second-order valence-corrected chi connectivity index (χ2v) is 5.84. The van der Waals surface area contributed by atoms with Crippen molar-refractivity contribution in [2.24, 2.45) is 0 Å². The van der Waals surface area contributed by atoms with Gasteiger partial charge in [-0.15, -0.1) is 0 Å². The third-order valence-electron chi connectivity index (χ3n) is 4.26. The summed E-state index contributed by atoms with van der Waals surface area (Å²) in [6, 6.07) is 6.24. The number of fused-ring (bicyclic) bond motifs is 1. The standard InChI is InChI=1S/C16H23NO3/c1-2-17-14-10-19-15-9-12(5-6-13(14)15)20-11-16(18)7-3-4-8-16/h5-6,9,14,17-18H,2-4,7-8,10-11H2,1H3. The van der Waals surface area contributed by atoms with Gasteiger partial charge >= 0.3 is 0 Å². The Hall–Kier alpha value is -1.26. The Bertz CT molecular complexity index is 469. The smallest absolute Gasteiger partial charge is 0.127 e. The van der Waals surface area contributed by atoms with Gasteiger partial charge in [-0.3, -0.25) is 0 Å². The highest BCUT2D eigenvalue weighted by Gasteiger charge is 2.32. The molecule has 0 amide bonds. The van der Waals surface area contributed by atoms with Crippen LogP contribution in [0.25, 0.3) is 0 Å². The predicted octanol–water partition coefficient (Wildman–Crippen LogP) is 2.41. The van der Waals surface area contributed by atoms with Gasteiger partial charge in [0.15, 0.2) is 0 Å². The topological polar surface area (TPSA) is 50.7 Å². The van der Waals surface area contributed by atoms with Gasteiger partial charge in [0.25, 0.3) is 0 Å². The molecule has 1 atom stereocenters. The Balaban J connectivity index is 1.64. The molecular formula is C16H23NO3. The number of likely N-dealkylation sites (N-methyl/N-ethyl adjacent to an activating group) is 1. The first-order valence-corrected chi connectivity index (χ1v) is 7.55. The van der Waals surface area contributed by atoms with Crippen LogP contribution in [0.2, 0.25) is 0 Å². The predicted molar refractivity (Wildman–Crippen MR) is 77.3 cm³/mol. The Morgan fingerprint density at radius 2 is 2.20 bits per heavy atom. The van der Waals surface area contributed by atoms with Crippen molar-refractivity contribution in [3.05, 3.63) is 23.8 Å². The van der Waals surface area contributed by atoms with E-state index in [2.05, 4.69) is 18.3 Å². The summed E-state index contributed by atoms with van der Waals surface area (Å²) < 4.78 is 11.5. The second-order valence-electron chi connectivity index (χ2n) is 5.84. The molecule has 20 heavy (non-hydrogen) atoms. The van der Waals surface area contributed by atoms with Crippen molar-refractivity contribution in [3.8, 4) is 11.5 Å². The molecule has 110 valence electrons. The van der Waals surface area contributed by atoms with Gasteiger partial charge in [0.2, 0.25) is 0 Å². The lowest BCUT2D eigenvalue weighted by Gasteiger charge is -2.22. The number of rotatable bonds is 5. The molecule has 1 aliphatic heterocycles. The Kier molecular flexibility index (Phi) is 3.85. The quantitative estimate of drug-likeness (QED) is 0.868. The molecule has 1 aromatic rings. The van der Waals surface area contributed by atoms with Gasteiger partial charge in [-0.1, -0.05) is 19.8 Å². The number of hydrogen-bond acceptors (Lipinski definition) is 4. The van der Waals surface area contributed by atoms with Crippen LogP contribution in [0.15, 0.2) is 18.2 Å². The van der Waals surface area contributed by atoms with Gasteiger partial charge in [-0.2, -0.15) is 0 Å². The van der Waals surface area contributed by atoms with Crippen LogP contribution in [0, 0.1) is 0 Å². The number of hydrogen-bond donors (Lipinski definition) is 2. The van der Waals surface area contributed by atoms with Crippen LogP contribution < -0.4 is 14.8 Å². The van der Waals surface area contributed by atoms with Crippen molar-refractivity contribution in [2.45, 2.75) is 44.2 Å². The number of aliphatic hydroxyl groups is 1. The van der Waals surface area contributed by atoms with E-state index in [0.717, 1.165) is 43.7 Å². The first-order valence-electron chi connectivity index (χ1n) is 7.55. The summed E-state index contributed by atoms with van der Waals surface area (Å²) >= 11 is 0. The summed E-state index contributed by atoms with van der Waals surface area (Å²) in [6.07, 6.45) is 3.88. The largest absolute Gasteiger partial charge is 0.491 e. The van der Waals surface area contributed by atoms with E-state index in [9.17, 15) is 5.11 Å². The van der Waals surface area contributed by atoms with E-state index in [1.807, 2.05) is 12.1 Å². The van der Waals surface area contributed by atoms with E-state index >= 15 is 0 Å². The van der Waals surface area contributed by atoms with Crippen molar-refractivity contribution in [3.63, 3.8) is 0 Å². The molecule has 0 bridgehead atoms.